The van der Waals surface area contributed by atoms with Crippen LogP contribution < -0.4 is 11.1 Å². The molecule has 0 bridgehead atoms. The highest BCUT2D eigenvalue weighted by atomic mass is 16.5. The summed E-state index contributed by atoms with van der Waals surface area (Å²) in [6, 6.07) is 13.7. The number of hydrogen-bond acceptors (Lipinski definition) is 6. The number of nitrogens with two attached hydrogens (primary N) is 1. The van der Waals surface area contributed by atoms with Gasteiger partial charge in [-0.15, -0.1) is 5.10 Å². The number of nitrogens with zero attached hydrogens (tertiary/aromatic N) is 5. The van der Waals surface area contributed by atoms with Gasteiger partial charge in [0.2, 0.25) is 6.41 Å². The van der Waals surface area contributed by atoms with Gasteiger partial charge in [-0.3, -0.25) is 14.3 Å². The van der Waals surface area contributed by atoms with E-state index < -0.39 is 0 Å². The minimum Gasteiger partial charge on any atom is -0.377 e. The fraction of sp³-hybridized carbons (Fsp3) is 0.190. The minimum absolute atomic E-state index is 0.0629. The van der Waals surface area contributed by atoms with Gasteiger partial charge in [-0.25, -0.2) is 9.50 Å². The van der Waals surface area contributed by atoms with Gasteiger partial charge in [-0.05, 0) is 12.1 Å². The van der Waals surface area contributed by atoms with Crippen LogP contribution in [0.1, 0.15) is 10.4 Å². The zero-order valence-corrected chi connectivity index (χ0v) is 16.8. The molecule has 4 aromatic rings. The van der Waals surface area contributed by atoms with Crippen molar-refractivity contribution in [3.05, 3.63) is 60.4 Å². The number of ether oxygens (including phenoxy) is 1. The number of aryl methyl sites for hydroxylation is 1. The summed E-state index contributed by atoms with van der Waals surface area (Å²) >= 11 is 0. The molecule has 0 radical (unpaired) electrons. The number of primary amides is 1. The SMILES string of the molecule is Cn1ncc(C(=O)NC2COC2)c1-c1ccn2nc(-c3ccccc3)nc2c1.NC=O. The zero-order chi connectivity index (χ0) is 21.8. The van der Waals surface area contributed by atoms with E-state index in [2.05, 4.69) is 26.2 Å². The molecule has 10 nitrogen and oxygen atoms in total. The number of pyridine rings is 1. The molecule has 10 heteroatoms. The summed E-state index contributed by atoms with van der Waals surface area (Å²) in [6.45, 7) is 1.10. The van der Waals surface area contributed by atoms with Crippen molar-refractivity contribution in [1.29, 1.82) is 0 Å². The van der Waals surface area contributed by atoms with Crippen LogP contribution in [0.5, 0.6) is 0 Å². The Morgan fingerprint density at radius 1 is 1.23 bits per heavy atom. The molecule has 0 spiro atoms. The molecule has 4 heterocycles. The first-order valence-electron chi connectivity index (χ1n) is 9.59. The summed E-state index contributed by atoms with van der Waals surface area (Å²) in [7, 11) is 1.82. The molecule has 1 aliphatic rings. The molecule has 3 aromatic heterocycles. The van der Waals surface area contributed by atoms with Crippen LogP contribution in [0.3, 0.4) is 0 Å². The first-order valence-corrected chi connectivity index (χ1v) is 9.59. The number of benzene rings is 1. The third kappa shape index (κ3) is 4.14. The fourth-order valence-electron chi connectivity index (χ4n) is 3.27. The van der Waals surface area contributed by atoms with Crippen LogP contribution in [0.25, 0.3) is 28.3 Å². The Labute approximate surface area is 177 Å². The second kappa shape index (κ2) is 8.76. The second-order valence-corrected chi connectivity index (χ2v) is 6.89. The molecule has 158 valence electrons. The quantitative estimate of drug-likeness (QED) is 0.475. The van der Waals surface area contributed by atoms with Gasteiger partial charge in [0.1, 0.15) is 0 Å². The number of fused-ring (bicyclic) bond motifs is 1. The number of hydrogen-bond donors (Lipinski definition) is 2. The molecule has 0 saturated carbocycles. The van der Waals surface area contributed by atoms with E-state index in [1.54, 1.807) is 15.4 Å². The van der Waals surface area contributed by atoms with Crippen molar-refractivity contribution < 1.29 is 14.3 Å². The molecule has 1 aromatic carbocycles. The van der Waals surface area contributed by atoms with E-state index in [0.29, 0.717) is 30.2 Å². The maximum absolute atomic E-state index is 12.7. The van der Waals surface area contributed by atoms with E-state index in [1.807, 2.05) is 55.7 Å². The van der Waals surface area contributed by atoms with Crippen LogP contribution in [0.15, 0.2) is 54.9 Å². The Bertz CT molecular complexity index is 1210. The van der Waals surface area contributed by atoms with Crippen LogP contribution in [0, 0.1) is 0 Å². The number of carbonyl (C=O) groups is 2. The number of amides is 2. The average molecular weight is 419 g/mol. The molecule has 0 aliphatic carbocycles. The lowest BCUT2D eigenvalue weighted by Crippen LogP contribution is -2.48. The fourth-order valence-corrected chi connectivity index (χ4v) is 3.27. The summed E-state index contributed by atoms with van der Waals surface area (Å²) in [5.74, 6) is 0.508. The molecule has 0 atom stereocenters. The molecular formula is C21H21N7O3. The van der Waals surface area contributed by atoms with Crippen molar-refractivity contribution in [3.8, 4) is 22.6 Å². The summed E-state index contributed by atoms with van der Waals surface area (Å²) in [6.07, 6.45) is 3.69. The van der Waals surface area contributed by atoms with E-state index >= 15 is 0 Å². The van der Waals surface area contributed by atoms with Crippen LogP contribution in [0.4, 0.5) is 0 Å². The van der Waals surface area contributed by atoms with E-state index in [1.165, 1.54) is 0 Å². The highest BCUT2D eigenvalue weighted by Gasteiger charge is 2.24. The lowest BCUT2D eigenvalue weighted by Gasteiger charge is -2.26. The molecule has 5 rings (SSSR count). The van der Waals surface area contributed by atoms with Gasteiger partial charge in [0, 0.05) is 24.4 Å². The first-order chi connectivity index (χ1) is 15.1. The largest absolute Gasteiger partial charge is 0.377 e. The van der Waals surface area contributed by atoms with Crippen molar-refractivity contribution >= 4 is 18.0 Å². The number of carbonyl (C=O) groups excluding carboxylic acids is 2. The Morgan fingerprint density at radius 3 is 2.65 bits per heavy atom. The van der Waals surface area contributed by atoms with Crippen molar-refractivity contribution in [1.82, 2.24) is 29.7 Å². The number of nitrogens with one attached hydrogen (secondary N) is 1. The van der Waals surface area contributed by atoms with Gasteiger partial charge in [0.15, 0.2) is 11.5 Å². The summed E-state index contributed by atoms with van der Waals surface area (Å²) < 4.78 is 8.56. The number of aromatic nitrogens is 5. The normalized spacial score (nSPS) is 13.2. The Hall–Kier alpha value is -4.05. The third-order valence-corrected chi connectivity index (χ3v) is 4.80. The monoisotopic (exact) mass is 419 g/mol. The predicted octanol–water partition coefficient (Wildman–Crippen LogP) is 1.03. The maximum Gasteiger partial charge on any atom is 0.255 e. The van der Waals surface area contributed by atoms with Crippen molar-refractivity contribution in [3.63, 3.8) is 0 Å². The summed E-state index contributed by atoms with van der Waals surface area (Å²) in [5.41, 5.74) is 7.95. The van der Waals surface area contributed by atoms with Crippen LogP contribution in [0.2, 0.25) is 0 Å². The van der Waals surface area contributed by atoms with Crippen LogP contribution in [-0.2, 0) is 16.6 Å². The standard InChI is InChI=1S/C20H18N6O2.CH3NO/c1-25-18(16(10-21-25)20(27)22-15-11-28-12-15)14-7-8-26-17(9-14)23-19(24-26)13-5-3-2-4-6-13;2-1-3/h2-10,15H,11-12H2,1H3,(H,22,27);1H,(H2,2,3). The van der Waals surface area contributed by atoms with Crippen molar-refractivity contribution in [2.45, 2.75) is 6.04 Å². The summed E-state index contributed by atoms with van der Waals surface area (Å²) in [5, 5.41) is 11.8. The molecule has 31 heavy (non-hydrogen) atoms. The second-order valence-electron chi connectivity index (χ2n) is 6.89. The smallest absolute Gasteiger partial charge is 0.255 e. The Kier molecular flexibility index (Phi) is 5.72. The topological polar surface area (TPSA) is 129 Å². The number of rotatable bonds is 4. The van der Waals surface area contributed by atoms with Gasteiger partial charge in [0.05, 0.1) is 36.7 Å². The Morgan fingerprint density at radius 2 is 1.97 bits per heavy atom. The molecule has 1 fully saturated rings. The molecular weight excluding hydrogens is 398 g/mol. The third-order valence-electron chi connectivity index (χ3n) is 4.80. The molecule has 3 N–H and O–H groups in total. The van der Waals surface area contributed by atoms with Crippen molar-refractivity contribution in [2.75, 3.05) is 13.2 Å². The predicted molar refractivity (Wildman–Crippen MR) is 113 cm³/mol. The first kappa shape index (κ1) is 20.2. The van der Waals surface area contributed by atoms with E-state index in [-0.39, 0.29) is 18.4 Å². The lowest BCUT2D eigenvalue weighted by atomic mass is 10.1. The molecule has 2 amide bonds. The molecule has 0 unspecified atom stereocenters. The van der Waals surface area contributed by atoms with Gasteiger partial charge in [-0.1, -0.05) is 30.3 Å². The van der Waals surface area contributed by atoms with E-state index in [4.69, 9.17) is 9.53 Å². The van der Waals surface area contributed by atoms with Gasteiger partial charge in [0.25, 0.3) is 5.91 Å². The molecule has 1 saturated heterocycles. The highest BCUT2D eigenvalue weighted by Crippen LogP contribution is 2.25. The Balaban J connectivity index is 0.000000730. The molecule has 1 aliphatic heterocycles. The highest BCUT2D eigenvalue weighted by molar-refractivity contribution is 6.00. The van der Waals surface area contributed by atoms with Gasteiger partial charge >= 0.3 is 0 Å². The van der Waals surface area contributed by atoms with Crippen LogP contribution in [-0.4, -0.2) is 56.0 Å². The van der Waals surface area contributed by atoms with E-state index in [9.17, 15) is 4.79 Å². The zero-order valence-electron chi connectivity index (χ0n) is 16.8. The maximum atomic E-state index is 12.7. The van der Waals surface area contributed by atoms with Crippen molar-refractivity contribution in [2.24, 2.45) is 12.8 Å². The summed E-state index contributed by atoms with van der Waals surface area (Å²) in [4.78, 5) is 25.9. The van der Waals surface area contributed by atoms with E-state index in [0.717, 1.165) is 16.8 Å². The minimum atomic E-state index is -0.150. The average Bonchev–Trinajstić information content (AvgIpc) is 3.35. The van der Waals surface area contributed by atoms with Crippen LogP contribution >= 0.6 is 0 Å². The lowest BCUT2D eigenvalue weighted by molar-refractivity contribution is -0.106. The van der Waals surface area contributed by atoms with Gasteiger partial charge in [-0.2, -0.15) is 5.10 Å². The van der Waals surface area contributed by atoms with Gasteiger partial charge < -0.3 is 15.8 Å².